The predicted octanol–water partition coefficient (Wildman–Crippen LogP) is 3.77. The van der Waals surface area contributed by atoms with Gasteiger partial charge in [0.2, 0.25) is 0 Å². The van der Waals surface area contributed by atoms with Crippen LogP contribution in [-0.2, 0) is 6.54 Å². The zero-order valence-corrected chi connectivity index (χ0v) is 12.0. The predicted molar refractivity (Wildman–Crippen MR) is 86.4 cm³/mol. The highest BCUT2D eigenvalue weighted by Gasteiger charge is 2.12. The van der Waals surface area contributed by atoms with E-state index in [1.54, 1.807) is 0 Å². The van der Waals surface area contributed by atoms with Crippen LogP contribution in [0.3, 0.4) is 0 Å². The summed E-state index contributed by atoms with van der Waals surface area (Å²) < 4.78 is 0. The number of rotatable bonds is 4. The van der Waals surface area contributed by atoms with Gasteiger partial charge in [-0.05, 0) is 48.7 Å². The molecule has 21 heavy (non-hydrogen) atoms. The van der Waals surface area contributed by atoms with Crippen molar-refractivity contribution in [3.8, 4) is 6.07 Å². The Labute approximate surface area is 125 Å². The molecule has 106 valence electrons. The van der Waals surface area contributed by atoms with E-state index in [9.17, 15) is 0 Å². The molecule has 1 saturated heterocycles. The van der Waals surface area contributed by atoms with Gasteiger partial charge in [0.05, 0.1) is 11.6 Å². The van der Waals surface area contributed by atoms with E-state index in [0.29, 0.717) is 5.56 Å². The second kappa shape index (κ2) is 6.32. The summed E-state index contributed by atoms with van der Waals surface area (Å²) in [5.74, 6) is 0. The molecular weight excluding hydrogens is 258 g/mol. The van der Waals surface area contributed by atoms with Crippen LogP contribution in [0.1, 0.15) is 24.0 Å². The maximum atomic E-state index is 8.80. The fourth-order valence-electron chi connectivity index (χ4n) is 2.69. The molecule has 0 bridgehead atoms. The average Bonchev–Trinajstić information content (AvgIpc) is 3.08. The topological polar surface area (TPSA) is 39.1 Å². The van der Waals surface area contributed by atoms with Crippen LogP contribution in [0.25, 0.3) is 0 Å². The molecule has 1 aliphatic rings. The van der Waals surface area contributed by atoms with Gasteiger partial charge in [0.15, 0.2) is 0 Å². The third-order valence-corrected chi connectivity index (χ3v) is 3.90. The Balaban J connectivity index is 1.64. The summed E-state index contributed by atoms with van der Waals surface area (Å²) in [6, 6.07) is 18.5. The van der Waals surface area contributed by atoms with Gasteiger partial charge in [0, 0.05) is 31.0 Å². The summed E-state index contributed by atoms with van der Waals surface area (Å²) in [5, 5.41) is 12.3. The van der Waals surface area contributed by atoms with Gasteiger partial charge in [-0.25, -0.2) is 0 Å². The minimum atomic E-state index is 0.704. The first-order valence-electron chi connectivity index (χ1n) is 7.43. The van der Waals surface area contributed by atoms with E-state index in [2.05, 4.69) is 40.6 Å². The van der Waals surface area contributed by atoms with Crippen molar-refractivity contribution < 1.29 is 0 Å². The molecular formula is C18H19N3. The molecule has 0 saturated carbocycles. The zero-order valence-electron chi connectivity index (χ0n) is 12.0. The molecule has 0 aromatic heterocycles. The summed E-state index contributed by atoms with van der Waals surface area (Å²) >= 11 is 0. The van der Waals surface area contributed by atoms with Gasteiger partial charge in [-0.3, -0.25) is 0 Å². The first-order chi connectivity index (χ1) is 10.3. The van der Waals surface area contributed by atoms with Crippen LogP contribution in [0.4, 0.5) is 11.4 Å². The molecule has 1 heterocycles. The second-order valence-electron chi connectivity index (χ2n) is 5.41. The third-order valence-electron chi connectivity index (χ3n) is 3.90. The Bertz CT molecular complexity index is 634. The van der Waals surface area contributed by atoms with Crippen LogP contribution in [-0.4, -0.2) is 13.1 Å². The molecule has 2 aromatic carbocycles. The SMILES string of the molecule is N#Cc1ccc(CNc2cccc(N3CCCC3)c2)cc1. The molecule has 2 aromatic rings. The van der Waals surface area contributed by atoms with Gasteiger partial charge in [0.1, 0.15) is 0 Å². The monoisotopic (exact) mass is 277 g/mol. The van der Waals surface area contributed by atoms with Crippen LogP contribution in [0.5, 0.6) is 0 Å². The van der Waals surface area contributed by atoms with E-state index in [1.807, 2.05) is 24.3 Å². The van der Waals surface area contributed by atoms with Crippen molar-refractivity contribution in [3.05, 3.63) is 59.7 Å². The summed E-state index contributed by atoms with van der Waals surface area (Å²) in [5.41, 5.74) is 4.33. The van der Waals surface area contributed by atoms with E-state index in [-0.39, 0.29) is 0 Å². The van der Waals surface area contributed by atoms with Crippen molar-refractivity contribution in [2.24, 2.45) is 0 Å². The number of hydrogen-bond donors (Lipinski definition) is 1. The highest BCUT2D eigenvalue weighted by atomic mass is 15.1. The Morgan fingerprint density at radius 3 is 2.52 bits per heavy atom. The standard InChI is InChI=1S/C18H19N3/c19-13-15-6-8-16(9-7-15)14-20-17-4-3-5-18(12-17)21-10-1-2-11-21/h3-9,12,20H,1-2,10-11,14H2. The molecule has 0 unspecified atom stereocenters. The largest absolute Gasteiger partial charge is 0.381 e. The van der Waals surface area contributed by atoms with E-state index in [0.717, 1.165) is 12.2 Å². The molecule has 3 nitrogen and oxygen atoms in total. The Hall–Kier alpha value is -2.47. The van der Waals surface area contributed by atoms with Crippen molar-refractivity contribution in [1.29, 1.82) is 5.26 Å². The lowest BCUT2D eigenvalue weighted by Gasteiger charge is -2.18. The van der Waals surface area contributed by atoms with Crippen LogP contribution in [0.2, 0.25) is 0 Å². The van der Waals surface area contributed by atoms with Crippen molar-refractivity contribution in [3.63, 3.8) is 0 Å². The quantitative estimate of drug-likeness (QED) is 0.924. The Kier molecular flexibility index (Phi) is 4.07. The lowest BCUT2D eigenvalue weighted by atomic mass is 10.1. The lowest BCUT2D eigenvalue weighted by Crippen LogP contribution is -2.17. The van der Waals surface area contributed by atoms with Crippen LogP contribution in [0, 0.1) is 11.3 Å². The van der Waals surface area contributed by atoms with Gasteiger partial charge in [-0.2, -0.15) is 5.26 Å². The number of nitriles is 1. The van der Waals surface area contributed by atoms with Gasteiger partial charge >= 0.3 is 0 Å². The van der Waals surface area contributed by atoms with Crippen LogP contribution in [0.15, 0.2) is 48.5 Å². The fraction of sp³-hybridized carbons (Fsp3) is 0.278. The summed E-state index contributed by atoms with van der Waals surface area (Å²) in [6.07, 6.45) is 2.59. The number of nitrogens with zero attached hydrogens (tertiary/aromatic N) is 2. The minimum absolute atomic E-state index is 0.704. The van der Waals surface area contributed by atoms with Crippen molar-refractivity contribution in [1.82, 2.24) is 0 Å². The highest BCUT2D eigenvalue weighted by Crippen LogP contribution is 2.23. The number of benzene rings is 2. The molecule has 0 aliphatic carbocycles. The van der Waals surface area contributed by atoms with Gasteiger partial charge in [0.25, 0.3) is 0 Å². The molecule has 3 heteroatoms. The first kappa shape index (κ1) is 13.5. The van der Waals surface area contributed by atoms with Gasteiger partial charge in [-0.15, -0.1) is 0 Å². The van der Waals surface area contributed by atoms with Gasteiger partial charge in [-0.1, -0.05) is 18.2 Å². The summed E-state index contributed by atoms with van der Waals surface area (Å²) in [7, 11) is 0. The van der Waals surface area contributed by atoms with E-state index < -0.39 is 0 Å². The second-order valence-corrected chi connectivity index (χ2v) is 5.41. The smallest absolute Gasteiger partial charge is 0.0991 e. The van der Waals surface area contributed by atoms with E-state index in [4.69, 9.17) is 5.26 Å². The fourth-order valence-corrected chi connectivity index (χ4v) is 2.69. The summed E-state index contributed by atoms with van der Waals surface area (Å²) in [6.45, 7) is 3.10. The Morgan fingerprint density at radius 1 is 1.05 bits per heavy atom. The maximum Gasteiger partial charge on any atom is 0.0991 e. The average molecular weight is 277 g/mol. The molecule has 0 spiro atoms. The van der Waals surface area contributed by atoms with Crippen LogP contribution < -0.4 is 10.2 Å². The zero-order chi connectivity index (χ0) is 14.5. The van der Waals surface area contributed by atoms with Crippen molar-refractivity contribution >= 4 is 11.4 Å². The van der Waals surface area contributed by atoms with Crippen molar-refractivity contribution in [2.75, 3.05) is 23.3 Å². The number of anilines is 2. The third kappa shape index (κ3) is 3.35. The Morgan fingerprint density at radius 2 is 1.81 bits per heavy atom. The van der Waals surface area contributed by atoms with Crippen molar-refractivity contribution in [2.45, 2.75) is 19.4 Å². The lowest BCUT2D eigenvalue weighted by molar-refractivity contribution is 0.949. The molecule has 3 rings (SSSR count). The van der Waals surface area contributed by atoms with Crippen LogP contribution >= 0.6 is 0 Å². The maximum absolute atomic E-state index is 8.80. The first-order valence-corrected chi connectivity index (χ1v) is 7.43. The number of hydrogen-bond acceptors (Lipinski definition) is 3. The molecule has 0 atom stereocenters. The highest BCUT2D eigenvalue weighted by molar-refractivity contribution is 5.58. The normalized spacial score (nSPS) is 14.0. The number of nitrogens with one attached hydrogen (secondary N) is 1. The minimum Gasteiger partial charge on any atom is -0.381 e. The summed E-state index contributed by atoms with van der Waals surface area (Å²) in [4.78, 5) is 2.44. The molecule has 1 aliphatic heterocycles. The molecule has 1 fully saturated rings. The van der Waals surface area contributed by atoms with Gasteiger partial charge < -0.3 is 10.2 Å². The molecule has 1 N–H and O–H groups in total. The molecule has 0 amide bonds. The molecule has 0 radical (unpaired) electrons. The van der Waals surface area contributed by atoms with E-state index in [1.165, 1.54) is 37.2 Å². The van der Waals surface area contributed by atoms with E-state index >= 15 is 0 Å².